The number of anilines is 1. The number of amides is 1. The van der Waals surface area contributed by atoms with E-state index in [2.05, 4.69) is 9.88 Å². The normalized spacial score (nSPS) is 14.1. The number of pyridine rings is 2. The summed E-state index contributed by atoms with van der Waals surface area (Å²) in [7, 11) is 0. The third kappa shape index (κ3) is 3.84. The van der Waals surface area contributed by atoms with Gasteiger partial charge in [0.25, 0.3) is 5.91 Å². The lowest BCUT2D eigenvalue weighted by atomic mass is 10.0. The Bertz CT molecular complexity index is 1220. The minimum atomic E-state index is -0.244. The van der Waals surface area contributed by atoms with Crippen LogP contribution in [-0.2, 0) is 0 Å². The van der Waals surface area contributed by atoms with Crippen molar-refractivity contribution < 1.29 is 9.18 Å². The minimum Gasteiger partial charge on any atom is -0.368 e. The van der Waals surface area contributed by atoms with Crippen LogP contribution in [0.15, 0.2) is 79.1 Å². The third-order valence-electron chi connectivity index (χ3n) is 5.66. The molecule has 3 heterocycles. The van der Waals surface area contributed by atoms with Crippen LogP contribution >= 0.6 is 0 Å². The van der Waals surface area contributed by atoms with Gasteiger partial charge in [-0.25, -0.2) is 9.37 Å². The summed E-state index contributed by atoms with van der Waals surface area (Å²) >= 11 is 0. The predicted molar refractivity (Wildman–Crippen MR) is 119 cm³/mol. The molecule has 0 spiro atoms. The number of aromatic nitrogens is 2. The van der Waals surface area contributed by atoms with Crippen molar-refractivity contribution in [3.05, 3.63) is 90.5 Å². The molecule has 1 fully saturated rings. The first kappa shape index (κ1) is 19.2. The van der Waals surface area contributed by atoms with E-state index in [0.29, 0.717) is 31.7 Å². The molecule has 5 nitrogen and oxygen atoms in total. The summed E-state index contributed by atoms with van der Waals surface area (Å²) in [6.07, 6.45) is 3.48. The predicted octanol–water partition coefficient (Wildman–Crippen LogP) is 4.40. The molecule has 5 rings (SSSR count). The number of halogens is 1. The van der Waals surface area contributed by atoms with Crippen molar-refractivity contribution in [2.24, 2.45) is 0 Å². The topological polar surface area (TPSA) is 49.3 Å². The Morgan fingerprint density at radius 1 is 0.903 bits per heavy atom. The average Bonchev–Trinajstić information content (AvgIpc) is 2.84. The van der Waals surface area contributed by atoms with Gasteiger partial charge >= 0.3 is 0 Å². The second-order valence-electron chi connectivity index (χ2n) is 7.57. The molecule has 0 aliphatic carbocycles. The lowest BCUT2D eigenvalue weighted by Crippen LogP contribution is -2.48. The van der Waals surface area contributed by atoms with Gasteiger partial charge in [-0.2, -0.15) is 0 Å². The fourth-order valence-corrected chi connectivity index (χ4v) is 4.00. The average molecular weight is 412 g/mol. The maximum Gasteiger partial charge on any atom is 0.254 e. The van der Waals surface area contributed by atoms with Crippen LogP contribution in [0.25, 0.3) is 22.2 Å². The smallest absolute Gasteiger partial charge is 0.254 e. The molecule has 31 heavy (non-hydrogen) atoms. The van der Waals surface area contributed by atoms with Crippen molar-refractivity contribution in [3.63, 3.8) is 0 Å². The molecule has 1 amide bonds. The van der Waals surface area contributed by atoms with E-state index in [-0.39, 0.29) is 11.7 Å². The van der Waals surface area contributed by atoms with Crippen molar-refractivity contribution in [1.29, 1.82) is 0 Å². The lowest BCUT2D eigenvalue weighted by Gasteiger charge is -2.36. The molecule has 0 bridgehead atoms. The number of hydrogen-bond donors (Lipinski definition) is 0. The largest absolute Gasteiger partial charge is 0.368 e. The van der Waals surface area contributed by atoms with Crippen molar-refractivity contribution >= 4 is 22.5 Å². The van der Waals surface area contributed by atoms with Crippen molar-refractivity contribution in [3.8, 4) is 11.3 Å². The van der Waals surface area contributed by atoms with E-state index in [0.717, 1.165) is 27.8 Å². The Labute approximate surface area is 179 Å². The van der Waals surface area contributed by atoms with Crippen LogP contribution < -0.4 is 4.90 Å². The number of fused-ring (bicyclic) bond motifs is 1. The number of carbonyl (C=O) groups excluding carboxylic acids is 1. The lowest BCUT2D eigenvalue weighted by molar-refractivity contribution is 0.0748. The highest BCUT2D eigenvalue weighted by Crippen LogP contribution is 2.26. The highest BCUT2D eigenvalue weighted by Gasteiger charge is 2.24. The van der Waals surface area contributed by atoms with Gasteiger partial charge in [0.05, 0.1) is 16.8 Å². The number of carbonyl (C=O) groups is 1. The zero-order valence-electron chi connectivity index (χ0n) is 16.9. The molecule has 2 aromatic carbocycles. The molecule has 0 saturated carbocycles. The number of nitrogens with zero attached hydrogens (tertiary/aromatic N) is 4. The third-order valence-corrected chi connectivity index (χ3v) is 5.66. The van der Waals surface area contributed by atoms with Gasteiger partial charge in [0.2, 0.25) is 0 Å². The summed E-state index contributed by atoms with van der Waals surface area (Å²) in [5, 5.41) is 0.848. The molecule has 0 N–H and O–H groups in total. The van der Waals surface area contributed by atoms with Crippen LogP contribution in [0.5, 0.6) is 0 Å². The molecule has 0 radical (unpaired) electrons. The SMILES string of the molecule is O=C(c1cc(-c2cccnc2)nc2ccccc12)N1CCN(c2ccc(F)cc2)CC1. The summed E-state index contributed by atoms with van der Waals surface area (Å²) in [6, 6.07) is 19.9. The first-order valence-electron chi connectivity index (χ1n) is 10.3. The quantitative estimate of drug-likeness (QED) is 0.501. The molecule has 6 heteroatoms. The molecular formula is C25H21FN4O. The Morgan fingerprint density at radius 3 is 2.42 bits per heavy atom. The van der Waals surface area contributed by atoms with E-state index >= 15 is 0 Å². The van der Waals surface area contributed by atoms with E-state index < -0.39 is 0 Å². The second kappa shape index (κ2) is 8.14. The molecule has 1 aliphatic rings. The van der Waals surface area contributed by atoms with Crippen molar-refractivity contribution in [1.82, 2.24) is 14.9 Å². The number of rotatable bonds is 3. The minimum absolute atomic E-state index is 0.00231. The van der Waals surface area contributed by atoms with Crippen LogP contribution in [0, 0.1) is 5.82 Å². The van der Waals surface area contributed by atoms with Crippen LogP contribution in [-0.4, -0.2) is 47.0 Å². The summed E-state index contributed by atoms with van der Waals surface area (Å²) in [5.74, 6) is -0.242. The first-order chi connectivity index (χ1) is 15.2. The second-order valence-corrected chi connectivity index (χ2v) is 7.57. The summed E-state index contributed by atoms with van der Waals surface area (Å²) in [4.78, 5) is 26.5. The van der Waals surface area contributed by atoms with Crippen LogP contribution in [0.4, 0.5) is 10.1 Å². The van der Waals surface area contributed by atoms with E-state index in [9.17, 15) is 9.18 Å². The molecule has 0 unspecified atom stereocenters. The van der Waals surface area contributed by atoms with Gasteiger partial charge in [0, 0.05) is 55.2 Å². The van der Waals surface area contributed by atoms with Crippen molar-refractivity contribution in [2.45, 2.75) is 0 Å². The van der Waals surface area contributed by atoms with Crippen molar-refractivity contribution in [2.75, 3.05) is 31.1 Å². The van der Waals surface area contributed by atoms with Gasteiger partial charge in [-0.15, -0.1) is 0 Å². The fourth-order valence-electron chi connectivity index (χ4n) is 4.00. The van der Waals surface area contributed by atoms with Crippen LogP contribution in [0.1, 0.15) is 10.4 Å². The number of para-hydroxylation sites is 1. The number of hydrogen-bond acceptors (Lipinski definition) is 4. The standard InChI is InChI=1S/C25H21FN4O/c26-19-7-9-20(10-8-19)29-12-14-30(15-13-29)25(31)22-16-24(18-4-3-11-27-17-18)28-23-6-2-1-5-21(22)23/h1-11,16-17H,12-15H2. The number of benzene rings is 2. The molecule has 1 saturated heterocycles. The Morgan fingerprint density at radius 2 is 1.68 bits per heavy atom. The van der Waals surface area contributed by atoms with Gasteiger partial charge in [-0.1, -0.05) is 18.2 Å². The maximum absolute atomic E-state index is 13.5. The molecule has 154 valence electrons. The van der Waals surface area contributed by atoms with E-state index in [1.54, 1.807) is 24.5 Å². The highest BCUT2D eigenvalue weighted by molar-refractivity contribution is 6.07. The molecule has 2 aromatic heterocycles. The van der Waals surface area contributed by atoms with Gasteiger partial charge in [0.1, 0.15) is 5.82 Å². The Balaban J connectivity index is 1.43. The van der Waals surface area contributed by atoms with Crippen LogP contribution in [0.2, 0.25) is 0 Å². The van der Waals surface area contributed by atoms with Crippen LogP contribution in [0.3, 0.4) is 0 Å². The molecule has 1 aliphatic heterocycles. The van der Waals surface area contributed by atoms with E-state index in [1.165, 1.54) is 12.1 Å². The summed E-state index contributed by atoms with van der Waals surface area (Å²) < 4.78 is 13.2. The fraction of sp³-hybridized carbons (Fsp3) is 0.160. The summed E-state index contributed by atoms with van der Waals surface area (Å²) in [6.45, 7) is 2.62. The molecular weight excluding hydrogens is 391 g/mol. The van der Waals surface area contributed by atoms with E-state index in [1.807, 2.05) is 47.4 Å². The first-order valence-corrected chi connectivity index (χ1v) is 10.3. The Kier molecular flexibility index (Phi) is 5.04. The maximum atomic E-state index is 13.5. The molecule has 4 aromatic rings. The number of piperazine rings is 1. The zero-order chi connectivity index (χ0) is 21.2. The summed E-state index contributed by atoms with van der Waals surface area (Å²) in [5.41, 5.74) is 4.03. The highest BCUT2D eigenvalue weighted by atomic mass is 19.1. The van der Waals surface area contributed by atoms with Gasteiger partial charge in [-0.05, 0) is 48.5 Å². The monoisotopic (exact) mass is 412 g/mol. The Hall–Kier alpha value is -3.80. The molecule has 0 atom stereocenters. The van der Waals surface area contributed by atoms with Gasteiger partial charge in [-0.3, -0.25) is 9.78 Å². The van der Waals surface area contributed by atoms with Gasteiger partial charge < -0.3 is 9.80 Å². The van der Waals surface area contributed by atoms with Gasteiger partial charge in [0.15, 0.2) is 0 Å². The van der Waals surface area contributed by atoms with E-state index in [4.69, 9.17) is 4.98 Å². The zero-order valence-corrected chi connectivity index (χ0v) is 16.9.